The SMILES string of the molecule is O=C(CC1CCC(F)(F)C1)c1ccc(F)c(F)c1Br. The molecule has 0 N–H and O–H groups in total. The van der Waals surface area contributed by atoms with Crippen molar-refractivity contribution in [3.8, 4) is 0 Å². The lowest BCUT2D eigenvalue weighted by Crippen LogP contribution is -2.12. The highest BCUT2D eigenvalue weighted by atomic mass is 79.9. The number of hydrogen-bond acceptors (Lipinski definition) is 1. The van der Waals surface area contributed by atoms with Crippen molar-refractivity contribution < 1.29 is 22.4 Å². The van der Waals surface area contributed by atoms with Gasteiger partial charge in [0, 0.05) is 24.8 Å². The Hall–Kier alpha value is -0.910. The summed E-state index contributed by atoms with van der Waals surface area (Å²) >= 11 is 2.82. The Labute approximate surface area is 116 Å². The molecule has 104 valence electrons. The smallest absolute Gasteiger partial charge is 0.248 e. The zero-order valence-electron chi connectivity index (χ0n) is 9.86. The van der Waals surface area contributed by atoms with Crippen LogP contribution in [0.2, 0.25) is 0 Å². The lowest BCUT2D eigenvalue weighted by Gasteiger charge is -2.11. The molecule has 0 aromatic heterocycles. The number of alkyl halides is 2. The van der Waals surface area contributed by atoms with Crippen molar-refractivity contribution in [1.82, 2.24) is 0 Å². The second kappa shape index (κ2) is 5.23. The van der Waals surface area contributed by atoms with E-state index in [4.69, 9.17) is 0 Å². The molecule has 1 saturated carbocycles. The fourth-order valence-electron chi connectivity index (χ4n) is 2.33. The molecule has 1 aromatic carbocycles. The number of benzene rings is 1. The molecule has 1 aliphatic rings. The van der Waals surface area contributed by atoms with Crippen molar-refractivity contribution in [2.45, 2.75) is 31.6 Å². The van der Waals surface area contributed by atoms with Gasteiger partial charge >= 0.3 is 0 Å². The van der Waals surface area contributed by atoms with Crippen LogP contribution >= 0.6 is 15.9 Å². The van der Waals surface area contributed by atoms with E-state index in [0.717, 1.165) is 12.1 Å². The van der Waals surface area contributed by atoms with Crippen LogP contribution in [0, 0.1) is 17.6 Å². The van der Waals surface area contributed by atoms with Gasteiger partial charge in [0.1, 0.15) is 0 Å². The third-order valence-corrected chi connectivity index (χ3v) is 4.09. The Kier molecular flexibility index (Phi) is 3.99. The molecule has 0 heterocycles. The fourth-order valence-corrected chi connectivity index (χ4v) is 2.87. The van der Waals surface area contributed by atoms with Gasteiger partial charge in [-0.2, -0.15) is 0 Å². The summed E-state index contributed by atoms with van der Waals surface area (Å²) in [5, 5.41) is 0. The van der Waals surface area contributed by atoms with Gasteiger partial charge in [-0.25, -0.2) is 17.6 Å². The molecule has 1 atom stereocenters. The molecule has 1 nitrogen and oxygen atoms in total. The number of carbonyl (C=O) groups is 1. The van der Waals surface area contributed by atoms with Crippen LogP contribution in [-0.2, 0) is 0 Å². The van der Waals surface area contributed by atoms with E-state index in [9.17, 15) is 22.4 Å². The molecule has 0 radical (unpaired) electrons. The largest absolute Gasteiger partial charge is 0.294 e. The minimum Gasteiger partial charge on any atom is -0.294 e. The van der Waals surface area contributed by atoms with Crippen molar-refractivity contribution in [3.05, 3.63) is 33.8 Å². The first kappa shape index (κ1) is 14.5. The second-order valence-electron chi connectivity index (χ2n) is 4.81. The van der Waals surface area contributed by atoms with Gasteiger partial charge in [0.25, 0.3) is 0 Å². The number of Topliss-reactive ketones (excluding diaryl/α,β-unsaturated/α-hetero) is 1. The van der Waals surface area contributed by atoms with E-state index in [2.05, 4.69) is 15.9 Å². The van der Waals surface area contributed by atoms with Crippen LogP contribution in [0.4, 0.5) is 17.6 Å². The van der Waals surface area contributed by atoms with Crippen LogP contribution in [0.25, 0.3) is 0 Å². The number of ketones is 1. The Morgan fingerprint density at radius 2 is 2.05 bits per heavy atom. The van der Waals surface area contributed by atoms with Gasteiger partial charge in [-0.05, 0) is 40.4 Å². The van der Waals surface area contributed by atoms with Crippen molar-refractivity contribution >= 4 is 21.7 Å². The molecule has 19 heavy (non-hydrogen) atoms. The summed E-state index contributed by atoms with van der Waals surface area (Å²) in [6.07, 6.45) is -0.330. The zero-order chi connectivity index (χ0) is 14.2. The molecule has 1 fully saturated rings. The van der Waals surface area contributed by atoms with Gasteiger partial charge < -0.3 is 0 Å². The van der Waals surface area contributed by atoms with Crippen LogP contribution in [-0.4, -0.2) is 11.7 Å². The van der Waals surface area contributed by atoms with E-state index in [1.165, 1.54) is 0 Å². The van der Waals surface area contributed by atoms with Gasteiger partial charge in [-0.15, -0.1) is 0 Å². The van der Waals surface area contributed by atoms with Crippen LogP contribution < -0.4 is 0 Å². The molecule has 2 rings (SSSR count). The van der Waals surface area contributed by atoms with E-state index in [1.54, 1.807) is 0 Å². The lowest BCUT2D eigenvalue weighted by atomic mass is 9.97. The first-order valence-electron chi connectivity index (χ1n) is 5.85. The highest BCUT2D eigenvalue weighted by molar-refractivity contribution is 9.10. The van der Waals surface area contributed by atoms with Gasteiger partial charge in [0.05, 0.1) is 4.47 Å². The van der Waals surface area contributed by atoms with Crippen LogP contribution in [0.3, 0.4) is 0 Å². The second-order valence-corrected chi connectivity index (χ2v) is 5.61. The van der Waals surface area contributed by atoms with Crippen molar-refractivity contribution in [2.75, 3.05) is 0 Å². The average molecular weight is 339 g/mol. The summed E-state index contributed by atoms with van der Waals surface area (Å²) in [5.41, 5.74) is -0.00545. The van der Waals surface area contributed by atoms with Gasteiger partial charge in [-0.3, -0.25) is 4.79 Å². The number of hydrogen-bond donors (Lipinski definition) is 0. The molecule has 1 unspecified atom stereocenters. The van der Waals surface area contributed by atoms with Crippen molar-refractivity contribution in [3.63, 3.8) is 0 Å². The minimum atomic E-state index is -2.71. The third kappa shape index (κ3) is 3.16. The monoisotopic (exact) mass is 338 g/mol. The Morgan fingerprint density at radius 1 is 1.37 bits per heavy atom. The topological polar surface area (TPSA) is 17.1 Å². The summed E-state index contributed by atoms with van der Waals surface area (Å²) < 4.78 is 52.0. The molecule has 0 bridgehead atoms. The molecule has 0 saturated heterocycles. The molecule has 0 amide bonds. The minimum absolute atomic E-state index is 0.00545. The van der Waals surface area contributed by atoms with E-state index < -0.39 is 29.3 Å². The van der Waals surface area contributed by atoms with Gasteiger partial charge in [0.15, 0.2) is 17.4 Å². The maximum absolute atomic E-state index is 13.3. The predicted molar refractivity (Wildman–Crippen MR) is 65.3 cm³/mol. The Bertz CT molecular complexity index is 516. The zero-order valence-corrected chi connectivity index (χ0v) is 11.4. The summed E-state index contributed by atoms with van der Waals surface area (Å²) in [4.78, 5) is 11.9. The van der Waals surface area contributed by atoms with E-state index >= 15 is 0 Å². The maximum atomic E-state index is 13.3. The molecule has 1 aliphatic carbocycles. The van der Waals surface area contributed by atoms with Crippen LogP contribution in [0.15, 0.2) is 16.6 Å². The Balaban J connectivity index is 2.11. The molecular weight excluding hydrogens is 328 g/mol. The van der Waals surface area contributed by atoms with Gasteiger partial charge in [-0.1, -0.05) is 0 Å². The first-order valence-corrected chi connectivity index (χ1v) is 6.64. The number of halogens is 5. The van der Waals surface area contributed by atoms with Crippen molar-refractivity contribution in [1.29, 1.82) is 0 Å². The molecule has 0 aliphatic heterocycles. The lowest BCUT2D eigenvalue weighted by molar-refractivity contribution is 0.00497. The predicted octanol–water partition coefficient (Wildman–Crippen LogP) is 4.74. The number of rotatable bonds is 3. The van der Waals surface area contributed by atoms with Crippen LogP contribution in [0.5, 0.6) is 0 Å². The first-order chi connectivity index (χ1) is 8.80. The third-order valence-electron chi connectivity index (χ3n) is 3.32. The summed E-state index contributed by atoms with van der Waals surface area (Å²) in [7, 11) is 0. The van der Waals surface area contributed by atoms with Crippen molar-refractivity contribution in [2.24, 2.45) is 5.92 Å². The summed E-state index contributed by atoms with van der Waals surface area (Å²) in [6, 6.07) is 2.02. The molecule has 6 heteroatoms. The highest BCUT2D eigenvalue weighted by Gasteiger charge is 2.40. The normalized spacial score (nSPS) is 21.6. The maximum Gasteiger partial charge on any atom is 0.248 e. The highest BCUT2D eigenvalue weighted by Crippen LogP contribution is 2.41. The molecular formula is C13H11BrF4O. The Morgan fingerprint density at radius 3 is 2.63 bits per heavy atom. The fraction of sp³-hybridized carbons (Fsp3) is 0.462. The average Bonchev–Trinajstić information content (AvgIpc) is 2.65. The van der Waals surface area contributed by atoms with Crippen LogP contribution in [0.1, 0.15) is 36.0 Å². The van der Waals surface area contributed by atoms with E-state index in [1.807, 2.05) is 0 Å². The molecule has 0 spiro atoms. The summed E-state index contributed by atoms with van der Waals surface area (Å²) in [6.45, 7) is 0. The quantitative estimate of drug-likeness (QED) is 0.442. The summed E-state index contributed by atoms with van der Waals surface area (Å²) in [5.74, 6) is -5.76. The standard InChI is InChI=1S/C13H11BrF4O/c14-11-8(1-2-9(15)12(11)16)10(19)5-7-3-4-13(17,18)6-7/h1-2,7H,3-6H2. The van der Waals surface area contributed by atoms with Gasteiger partial charge in [0.2, 0.25) is 5.92 Å². The van der Waals surface area contributed by atoms with E-state index in [-0.39, 0.29) is 35.7 Å². The van der Waals surface area contributed by atoms with E-state index in [0.29, 0.717) is 0 Å². The molecule has 1 aromatic rings. The number of carbonyl (C=O) groups excluding carboxylic acids is 1.